The molecule has 0 aliphatic rings. The van der Waals surface area contributed by atoms with E-state index < -0.39 is 0 Å². The topological polar surface area (TPSA) is 44.4 Å². The van der Waals surface area contributed by atoms with Crippen LogP contribution in [0.2, 0.25) is 0 Å². The first-order valence-corrected chi connectivity index (χ1v) is 7.92. The minimum Gasteiger partial charge on any atom is -0.378 e. The summed E-state index contributed by atoms with van der Waals surface area (Å²) < 4.78 is 0. The van der Waals surface area contributed by atoms with Crippen molar-refractivity contribution < 1.29 is 4.79 Å². The number of rotatable bonds is 6. The molecule has 0 saturated heterocycles. The Labute approximate surface area is 138 Å². The van der Waals surface area contributed by atoms with E-state index in [4.69, 9.17) is 0 Å². The molecule has 0 heterocycles. The molecule has 2 rings (SSSR count). The normalized spacial score (nSPS) is 10.2. The summed E-state index contributed by atoms with van der Waals surface area (Å²) in [5.74, 6) is 0. The molecule has 23 heavy (non-hydrogen) atoms. The van der Waals surface area contributed by atoms with E-state index in [-0.39, 0.29) is 6.03 Å². The average molecular weight is 311 g/mol. The number of urea groups is 1. The minimum atomic E-state index is -0.154. The molecule has 0 unspecified atom stereocenters. The fourth-order valence-electron chi connectivity index (χ4n) is 2.35. The Balaban J connectivity index is 1.69. The van der Waals surface area contributed by atoms with Gasteiger partial charge in [0.2, 0.25) is 0 Å². The van der Waals surface area contributed by atoms with E-state index in [1.54, 1.807) is 0 Å². The van der Waals surface area contributed by atoms with Gasteiger partial charge in [0.15, 0.2) is 0 Å². The molecule has 2 amide bonds. The van der Waals surface area contributed by atoms with Crippen LogP contribution < -0.4 is 15.5 Å². The molecule has 122 valence electrons. The number of amides is 2. The predicted molar refractivity (Wildman–Crippen MR) is 97.3 cm³/mol. The van der Waals surface area contributed by atoms with Crippen LogP contribution in [0.5, 0.6) is 0 Å². The van der Waals surface area contributed by atoms with Gasteiger partial charge in [0.05, 0.1) is 0 Å². The lowest BCUT2D eigenvalue weighted by Crippen LogP contribution is -2.29. The molecule has 2 aromatic carbocycles. The van der Waals surface area contributed by atoms with Crippen LogP contribution in [0.25, 0.3) is 0 Å². The first kappa shape index (κ1) is 16.9. The van der Waals surface area contributed by atoms with Gasteiger partial charge in [0.1, 0.15) is 0 Å². The molecule has 0 aliphatic carbocycles. The third kappa shape index (κ3) is 5.66. The van der Waals surface area contributed by atoms with Crippen molar-refractivity contribution in [2.75, 3.05) is 30.9 Å². The third-order valence-corrected chi connectivity index (χ3v) is 3.66. The Hall–Kier alpha value is -2.49. The Morgan fingerprint density at radius 2 is 1.83 bits per heavy atom. The number of benzene rings is 2. The molecule has 4 heteroatoms. The molecular weight excluding hydrogens is 286 g/mol. The van der Waals surface area contributed by atoms with Gasteiger partial charge >= 0.3 is 6.03 Å². The molecule has 0 aliphatic heterocycles. The summed E-state index contributed by atoms with van der Waals surface area (Å²) in [6.07, 6.45) is 1.88. The molecule has 2 aromatic rings. The van der Waals surface area contributed by atoms with Crippen LogP contribution in [-0.2, 0) is 6.42 Å². The summed E-state index contributed by atoms with van der Waals surface area (Å²) >= 11 is 0. The van der Waals surface area contributed by atoms with E-state index in [9.17, 15) is 4.79 Å². The lowest BCUT2D eigenvalue weighted by atomic mass is 10.1. The van der Waals surface area contributed by atoms with Crippen LogP contribution in [0.3, 0.4) is 0 Å². The fraction of sp³-hybridized carbons (Fsp3) is 0.316. The molecule has 0 radical (unpaired) electrons. The molecule has 2 N–H and O–H groups in total. The average Bonchev–Trinajstić information content (AvgIpc) is 2.52. The zero-order valence-corrected chi connectivity index (χ0v) is 14.1. The molecule has 4 nitrogen and oxygen atoms in total. The molecule has 0 saturated carbocycles. The Kier molecular flexibility index (Phi) is 6.03. The van der Waals surface area contributed by atoms with Crippen molar-refractivity contribution in [1.82, 2.24) is 5.32 Å². The van der Waals surface area contributed by atoms with Gasteiger partial charge in [-0.25, -0.2) is 4.79 Å². The van der Waals surface area contributed by atoms with Crippen LogP contribution in [0.15, 0.2) is 48.5 Å². The second-order valence-corrected chi connectivity index (χ2v) is 5.91. The molecule has 0 fully saturated rings. The standard InChI is InChI=1S/C19H25N3O/c1-15-6-4-8-17(14-15)21-19(23)20-13-5-7-16-9-11-18(12-10-16)22(2)3/h4,6,8-12,14H,5,7,13H2,1-3H3,(H2,20,21,23). The van der Waals surface area contributed by atoms with Crippen molar-refractivity contribution >= 4 is 17.4 Å². The first-order valence-electron chi connectivity index (χ1n) is 7.92. The summed E-state index contributed by atoms with van der Waals surface area (Å²) in [6, 6.07) is 16.1. The molecule has 0 aromatic heterocycles. The lowest BCUT2D eigenvalue weighted by molar-refractivity contribution is 0.252. The molecule has 0 bridgehead atoms. The minimum absolute atomic E-state index is 0.154. The van der Waals surface area contributed by atoms with Gasteiger partial charge in [-0.1, -0.05) is 24.3 Å². The van der Waals surface area contributed by atoms with Gasteiger partial charge in [-0.2, -0.15) is 0 Å². The number of nitrogens with one attached hydrogen (secondary N) is 2. The highest BCUT2D eigenvalue weighted by atomic mass is 16.2. The zero-order chi connectivity index (χ0) is 16.7. The second kappa shape index (κ2) is 8.22. The molecule has 0 atom stereocenters. The number of carbonyl (C=O) groups is 1. The van der Waals surface area contributed by atoms with E-state index in [0.29, 0.717) is 6.54 Å². The molecule has 0 spiro atoms. The molecular formula is C19H25N3O. The predicted octanol–water partition coefficient (Wildman–Crippen LogP) is 3.82. The smallest absolute Gasteiger partial charge is 0.319 e. The van der Waals surface area contributed by atoms with E-state index in [2.05, 4.69) is 39.8 Å². The lowest BCUT2D eigenvalue weighted by Gasteiger charge is -2.12. The number of hydrogen-bond donors (Lipinski definition) is 2. The van der Waals surface area contributed by atoms with E-state index >= 15 is 0 Å². The van der Waals surface area contributed by atoms with Crippen LogP contribution in [0.1, 0.15) is 17.5 Å². The Morgan fingerprint density at radius 1 is 1.09 bits per heavy atom. The number of hydrogen-bond acceptors (Lipinski definition) is 2. The van der Waals surface area contributed by atoms with E-state index in [1.165, 1.54) is 11.3 Å². The maximum Gasteiger partial charge on any atom is 0.319 e. The summed E-state index contributed by atoms with van der Waals surface area (Å²) in [4.78, 5) is 13.9. The number of aryl methyl sites for hydroxylation is 2. The van der Waals surface area contributed by atoms with Crippen LogP contribution in [0.4, 0.5) is 16.2 Å². The third-order valence-electron chi connectivity index (χ3n) is 3.66. The summed E-state index contributed by atoms with van der Waals surface area (Å²) in [5, 5.41) is 5.74. The van der Waals surface area contributed by atoms with Crippen LogP contribution in [-0.4, -0.2) is 26.7 Å². The summed E-state index contributed by atoms with van der Waals surface area (Å²) in [5.41, 5.74) is 4.44. The van der Waals surface area contributed by atoms with E-state index in [1.807, 2.05) is 45.3 Å². The second-order valence-electron chi connectivity index (χ2n) is 5.91. The van der Waals surface area contributed by atoms with E-state index in [0.717, 1.165) is 24.1 Å². The SMILES string of the molecule is Cc1cccc(NC(=O)NCCCc2ccc(N(C)C)cc2)c1. The highest BCUT2D eigenvalue weighted by Gasteiger charge is 2.01. The maximum absolute atomic E-state index is 11.8. The van der Waals surface area contributed by atoms with Crippen LogP contribution >= 0.6 is 0 Å². The summed E-state index contributed by atoms with van der Waals surface area (Å²) in [6.45, 7) is 2.66. The zero-order valence-electron chi connectivity index (χ0n) is 14.1. The largest absolute Gasteiger partial charge is 0.378 e. The number of anilines is 2. The van der Waals surface area contributed by atoms with Crippen molar-refractivity contribution in [1.29, 1.82) is 0 Å². The van der Waals surface area contributed by atoms with Gasteiger partial charge in [-0.3, -0.25) is 0 Å². The van der Waals surface area contributed by atoms with Gasteiger partial charge in [-0.05, 0) is 55.2 Å². The highest BCUT2D eigenvalue weighted by molar-refractivity contribution is 5.89. The summed E-state index contributed by atoms with van der Waals surface area (Å²) in [7, 11) is 4.07. The maximum atomic E-state index is 11.8. The van der Waals surface area contributed by atoms with Crippen molar-refractivity contribution in [3.05, 3.63) is 59.7 Å². The van der Waals surface area contributed by atoms with Crippen LogP contribution in [0, 0.1) is 6.92 Å². The monoisotopic (exact) mass is 311 g/mol. The van der Waals surface area contributed by atoms with Crippen molar-refractivity contribution in [3.63, 3.8) is 0 Å². The van der Waals surface area contributed by atoms with Crippen molar-refractivity contribution in [2.24, 2.45) is 0 Å². The van der Waals surface area contributed by atoms with Gasteiger partial charge in [0.25, 0.3) is 0 Å². The number of carbonyl (C=O) groups excluding carboxylic acids is 1. The quantitative estimate of drug-likeness (QED) is 0.797. The Bertz CT molecular complexity index is 635. The van der Waals surface area contributed by atoms with Gasteiger partial charge in [0, 0.05) is 32.0 Å². The van der Waals surface area contributed by atoms with Crippen molar-refractivity contribution in [2.45, 2.75) is 19.8 Å². The van der Waals surface area contributed by atoms with Gasteiger partial charge in [-0.15, -0.1) is 0 Å². The number of nitrogens with zero attached hydrogens (tertiary/aromatic N) is 1. The Morgan fingerprint density at radius 3 is 2.48 bits per heavy atom. The fourth-order valence-corrected chi connectivity index (χ4v) is 2.35. The van der Waals surface area contributed by atoms with Crippen molar-refractivity contribution in [3.8, 4) is 0 Å². The van der Waals surface area contributed by atoms with Gasteiger partial charge < -0.3 is 15.5 Å². The highest BCUT2D eigenvalue weighted by Crippen LogP contribution is 2.13. The first-order chi connectivity index (χ1) is 11.0.